The summed E-state index contributed by atoms with van der Waals surface area (Å²) in [6, 6.07) is 8.05. The van der Waals surface area contributed by atoms with Crippen LogP contribution in [0.1, 0.15) is 18.4 Å². The summed E-state index contributed by atoms with van der Waals surface area (Å²) in [4.78, 5) is 4.02. The zero-order valence-electron chi connectivity index (χ0n) is 12.7. The number of pyridine rings is 1. The number of rotatable bonds is 6. The minimum atomic E-state index is 0.615. The van der Waals surface area contributed by atoms with Crippen LogP contribution in [0.15, 0.2) is 41.1 Å². The van der Waals surface area contributed by atoms with Crippen LogP contribution in [0.3, 0.4) is 0 Å². The van der Waals surface area contributed by atoms with Crippen LogP contribution in [-0.4, -0.2) is 26.6 Å². The molecule has 1 aromatic carbocycles. The fourth-order valence-electron chi connectivity index (χ4n) is 2.61. The van der Waals surface area contributed by atoms with Crippen molar-refractivity contribution in [1.82, 2.24) is 20.0 Å². The van der Waals surface area contributed by atoms with E-state index in [-0.39, 0.29) is 0 Å². The number of benzene rings is 1. The molecule has 1 aliphatic carbocycles. The zero-order valence-corrected chi connectivity index (χ0v) is 14.2. The average Bonchev–Trinajstić information content (AvgIpc) is 3.30. The molecule has 4 rings (SSSR count). The van der Waals surface area contributed by atoms with E-state index < -0.39 is 0 Å². The van der Waals surface area contributed by atoms with E-state index in [0.717, 1.165) is 40.1 Å². The summed E-state index contributed by atoms with van der Waals surface area (Å²) in [7, 11) is 0. The Bertz CT molecular complexity index is 814. The van der Waals surface area contributed by atoms with Gasteiger partial charge in [0, 0.05) is 25.4 Å². The van der Waals surface area contributed by atoms with E-state index in [1.165, 1.54) is 18.4 Å². The highest BCUT2D eigenvalue weighted by Gasteiger charge is 2.23. The minimum Gasteiger partial charge on any atom is -0.492 e. The first-order valence-electron chi connectivity index (χ1n) is 7.84. The summed E-state index contributed by atoms with van der Waals surface area (Å²) >= 11 is 3.61. The average molecular weight is 373 g/mol. The number of hydrogen-bond donors (Lipinski definition) is 0. The predicted octanol–water partition coefficient (Wildman–Crippen LogP) is 3.62. The quantitative estimate of drug-likeness (QED) is 0.662. The lowest BCUT2D eigenvalue weighted by molar-refractivity contribution is 0.320. The first kappa shape index (κ1) is 14.6. The maximum Gasteiger partial charge on any atom is 0.135 e. The maximum atomic E-state index is 5.91. The summed E-state index contributed by atoms with van der Waals surface area (Å²) in [6.07, 6.45) is 7.06. The maximum absolute atomic E-state index is 5.91. The number of ether oxygens (including phenoxy) is 1. The van der Waals surface area contributed by atoms with Gasteiger partial charge in [0.1, 0.15) is 11.3 Å². The molecule has 1 fully saturated rings. The van der Waals surface area contributed by atoms with Crippen molar-refractivity contribution in [1.29, 1.82) is 0 Å². The molecular weight excluding hydrogens is 356 g/mol. The van der Waals surface area contributed by atoms with Gasteiger partial charge in [-0.2, -0.15) is 0 Å². The number of nitrogens with zero attached hydrogens (tertiary/aromatic N) is 4. The molecule has 2 heterocycles. The van der Waals surface area contributed by atoms with E-state index >= 15 is 0 Å². The lowest BCUT2D eigenvalue weighted by atomic mass is 10.2. The van der Waals surface area contributed by atoms with Crippen LogP contribution < -0.4 is 4.74 Å². The molecule has 0 radical (unpaired) electrons. The van der Waals surface area contributed by atoms with E-state index in [9.17, 15) is 0 Å². The first-order valence-corrected chi connectivity index (χ1v) is 8.64. The van der Waals surface area contributed by atoms with E-state index in [2.05, 4.69) is 31.2 Å². The smallest absolute Gasteiger partial charge is 0.135 e. The molecular formula is C17H17BrN4O. The third kappa shape index (κ3) is 3.22. The van der Waals surface area contributed by atoms with Gasteiger partial charge in [0.05, 0.1) is 16.6 Å². The van der Waals surface area contributed by atoms with Crippen molar-refractivity contribution < 1.29 is 4.74 Å². The van der Waals surface area contributed by atoms with Gasteiger partial charge >= 0.3 is 0 Å². The van der Waals surface area contributed by atoms with Gasteiger partial charge in [0.2, 0.25) is 0 Å². The highest BCUT2D eigenvalue weighted by molar-refractivity contribution is 9.10. The zero-order chi connectivity index (χ0) is 15.6. The standard InChI is InChI=1S/C17H17BrN4O/c18-16-15(23-10-7-12-5-8-19-9-6-12)4-3-14-17(16)20-21-22(14)11-13-1-2-13/h3-6,8-9,13H,1-2,7,10-11H2. The lowest BCUT2D eigenvalue weighted by Crippen LogP contribution is -2.03. The van der Waals surface area contributed by atoms with Gasteiger partial charge in [-0.15, -0.1) is 5.10 Å². The molecule has 118 valence electrons. The van der Waals surface area contributed by atoms with Crippen molar-refractivity contribution >= 4 is 27.0 Å². The van der Waals surface area contributed by atoms with E-state index in [1.54, 1.807) is 12.4 Å². The Balaban J connectivity index is 1.48. The van der Waals surface area contributed by atoms with Gasteiger partial charge in [-0.25, -0.2) is 4.68 Å². The Labute approximate surface area is 142 Å². The highest BCUT2D eigenvalue weighted by atomic mass is 79.9. The first-order chi connectivity index (χ1) is 11.3. The summed E-state index contributed by atoms with van der Waals surface area (Å²) in [5.74, 6) is 1.58. The summed E-state index contributed by atoms with van der Waals surface area (Å²) in [6.45, 7) is 1.58. The van der Waals surface area contributed by atoms with Crippen LogP contribution in [0.4, 0.5) is 0 Å². The fourth-order valence-corrected chi connectivity index (χ4v) is 3.13. The largest absolute Gasteiger partial charge is 0.492 e. The SMILES string of the molecule is Brc1c(OCCc2ccncc2)ccc2c1nnn2CC1CC1. The van der Waals surface area contributed by atoms with Gasteiger partial charge in [-0.3, -0.25) is 4.98 Å². The van der Waals surface area contributed by atoms with E-state index in [4.69, 9.17) is 4.74 Å². The molecule has 0 spiro atoms. The summed E-state index contributed by atoms with van der Waals surface area (Å²) in [5, 5.41) is 8.58. The second kappa shape index (κ2) is 6.28. The van der Waals surface area contributed by atoms with Crippen LogP contribution >= 0.6 is 15.9 Å². The number of halogens is 1. The number of hydrogen-bond acceptors (Lipinski definition) is 4. The molecule has 0 amide bonds. The second-order valence-electron chi connectivity index (χ2n) is 5.91. The van der Waals surface area contributed by atoms with Crippen molar-refractivity contribution in [2.75, 3.05) is 6.61 Å². The lowest BCUT2D eigenvalue weighted by Gasteiger charge is -2.09. The molecule has 0 saturated heterocycles. The van der Waals surface area contributed by atoms with Gasteiger partial charge in [-0.05, 0) is 64.5 Å². The van der Waals surface area contributed by atoms with Gasteiger partial charge in [0.25, 0.3) is 0 Å². The van der Waals surface area contributed by atoms with E-state index in [0.29, 0.717) is 6.61 Å². The number of fused-ring (bicyclic) bond motifs is 1. The van der Waals surface area contributed by atoms with Gasteiger partial charge < -0.3 is 4.74 Å². The fraction of sp³-hybridized carbons (Fsp3) is 0.353. The normalized spacial score (nSPS) is 14.3. The molecule has 3 aromatic rings. The molecule has 2 aromatic heterocycles. The Kier molecular flexibility index (Phi) is 3.99. The van der Waals surface area contributed by atoms with E-state index in [1.807, 2.05) is 28.9 Å². The van der Waals surface area contributed by atoms with Crippen molar-refractivity contribution in [3.8, 4) is 5.75 Å². The third-order valence-corrected chi connectivity index (χ3v) is 4.88. The van der Waals surface area contributed by atoms with Gasteiger partial charge in [0.15, 0.2) is 0 Å². The monoisotopic (exact) mass is 372 g/mol. The minimum absolute atomic E-state index is 0.615. The molecule has 23 heavy (non-hydrogen) atoms. The number of aromatic nitrogens is 4. The second-order valence-corrected chi connectivity index (χ2v) is 6.71. The Hall–Kier alpha value is -1.95. The highest BCUT2D eigenvalue weighted by Crippen LogP contribution is 2.34. The van der Waals surface area contributed by atoms with Gasteiger partial charge in [-0.1, -0.05) is 5.21 Å². The van der Waals surface area contributed by atoms with Crippen LogP contribution in [0.5, 0.6) is 5.75 Å². The Morgan fingerprint density at radius 3 is 2.78 bits per heavy atom. The predicted molar refractivity (Wildman–Crippen MR) is 91.4 cm³/mol. The topological polar surface area (TPSA) is 52.8 Å². The molecule has 0 bridgehead atoms. The molecule has 0 unspecified atom stereocenters. The Morgan fingerprint density at radius 2 is 2.00 bits per heavy atom. The van der Waals surface area contributed by atoms with Crippen molar-refractivity contribution in [2.24, 2.45) is 5.92 Å². The molecule has 0 atom stereocenters. The van der Waals surface area contributed by atoms with Crippen LogP contribution in [-0.2, 0) is 13.0 Å². The van der Waals surface area contributed by atoms with Crippen molar-refractivity contribution in [3.63, 3.8) is 0 Å². The molecule has 0 aliphatic heterocycles. The third-order valence-electron chi connectivity index (χ3n) is 4.12. The van der Waals surface area contributed by atoms with Crippen LogP contribution in [0, 0.1) is 5.92 Å². The summed E-state index contributed by atoms with van der Waals surface area (Å²) < 4.78 is 8.79. The Morgan fingerprint density at radius 1 is 1.17 bits per heavy atom. The van der Waals surface area contributed by atoms with Crippen LogP contribution in [0.25, 0.3) is 11.0 Å². The molecule has 6 heteroatoms. The molecule has 1 aliphatic rings. The molecule has 1 saturated carbocycles. The van der Waals surface area contributed by atoms with Crippen molar-refractivity contribution in [2.45, 2.75) is 25.8 Å². The molecule has 5 nitrogen and oxygen atoms in total. The van der Waals surface area contributed by atoms with Crippen LogP contribution in [0.2, 0.25) is 0 Å². The summed E-state index contributed by atoms with van der Waals surface area (Å²) in [5.41, 5.74) is 3.14. The molecule has 0 N–H and O–H groups in total. The van der Waals surface area contributed by atoms with Crippen molar-refractivity contribution in [3.05, 3.63) is 46.7 Å².